The Morgan fingerprint density at radius 2 is 1.75 bits per heavy atom. The molecule has 0 N–H and O–H groups in total. The molecule has 1 nitrogen and oxygen atoms in total. The van der Waals surface area contributed by atoms with E-state index in [1.54, 1.807) is 12.1 Å². The summed E-state index contributed by atoms with van der Waals surface area (Å²) in [6, 6.07) is 10.7. The quantitative estimate of drug-likeness (QED) is 0.280. The maximum Gasteiger partial charge on any atom is 0.267 e. The Bertz CT molecular complexity index is 907. The van der Waals surface area contributed by atoms with Crippen molar-refractivity contribution in [3.8, 4) is 11.1 Å². The van der Waals surface area contributed by atoms with Gasteiger partial charge in [0, 0.05) is 5.56 Å². The van der Waals surface area contributed by atoms with Crippen LogP contribution in [0.5, 0.6) is 0 Å². The summed E-state index contributed by atoms with van der Waals surface area (Å²) < 4.78 is 47.1. The molecule has 2 fully saturated rings. The first-order valence-electron chi connectivity index (χ1n) is 12.0. The lowest BCUT2D eigenvalue weighted by atomic mass is 9.80. The van der Waals surface area contributed by atoms with E-state index in [0.29, 0.717) is 12.2 Å². The first-order chi connectivity index (χ1) is 15.6. The maximum absolute atomic E-state index is 14.7. The first-order valence-corrected chi connectivity index (χ1v) is 12.0. The van der Waals surface area contributed by atoms with Gasteiger partial charge in [0.25, 0.3) is 6.43 Å². The lowest BCUT2D eigenvalue weighted by molar-refractivity contribution is 0.146. The number of epoxide rings is 1. The van der Waals surface area contributed by atoms with Crippen LogP contribution in [0.1, 0.15) is 81.1 Å². The predicted molar refractivity (Wildman–Crippen MR) is 123 cm³/mol. The molecule has 0 bridgehead atoms. The summed E-state index contributed by atoms with van der Waals surface area (Å²) >= 11 is 0. The normalized spacial score (nSPS) is 23.2. The second-order valence-corrected chi connectivity index (χ2v) is 9.29. The average Bonchev–Trinajstić information content (AvgIpc) is 3.63. The average molecular weight is 443 g/mol. The molecule has 1 atom stereocenters. The van der Waals surface area contributed by atoms with Crippen molar-refractivity contribution in [1.82, 2.24) is 0 Å². The third-order valence-corrected chi connectivity index (χ3v) is 6.97. The summed E-state index contributed by atoms with van der Waals surface area (Å²) in [5.41, 5.74) is 1.73. The standard InChI is InChI=1S/C28H33F3O/c1-2-5-19-8-10-20(11-9-19)6-3-4-7-21-12-14-22(15-13-21)23-16-17-24(25-18-32-25)27(29)26(23)28(30)31/h3,6,12-17,19-20,25,28H,2,4-5,7-11,18H2,1H3/b6-3+. The van der Waals surface area contributed by atoms with Crippen molar-refractivity contribution in [2.45, 2.75) is 70.8 Å². The zero-order valence-corrected chi connectivity index (χ0v) is 18.8. The number of aryl methyl sites for hydroxylation is 1. The molecule has 1 aliphatic heterocycles. The highest BCUT2D eigenvalue weighted by atomic mass is 19.3. The van der Waals surface area contributed by atoms with Crippen LogP contribution in [0.3, 0.4) is 0 Å². The van der Waals surface area contributed by atoms with Gasteiger partial charge in [0.2, 0.25) is 0 Å². The van der Waals surface area contributed by atoms with E-state index in [2.05, 4.69) is 19.1 Å². The molecule has 2 aliphatic rings. The third kappa shape index (κ3) is 5.64. The zero-order chi connectivity index (χ0) is 22.5. The molecule has 0 aromatic heterocycles. The fourth-order valence-corrected chi connectivity index (χ4v) is 5.02. The summed E-state index contributed by atoms with van der Waals surface area (Å²) in [7, 11) is 0. The van der Waals surface area contributed by atoms with Crippen LogP contribution < -0.4 is 0 Å². The van der Waals surface area contributed by atoms with Crippen molar-refractivity contribution >= 4 is 0 Å². The number of allylic oxidation sites excluding steroid dienone is 2. The minimum Gasteiger partial charge on any atom is -0.368 e. The van der Waals surface area contributed by atoms with Crippen LogP contribution in [0.15, 0.2) is 48.6 Å². The predicted octanol–water partition coefficient (Wildman–Crippen LogP) is 8.60. The van der Waals surface area contributed by atoms with E-state index < -0.39 is 17.8 Å². The molecule has 1 unspecified atom stereocenters. The van der Waals surface area contributed by atoms with E-state index in [4.69, 9.17) is 4.74 Å². The van der Waals surface area contributed by atoms with Gasteiger partial charge in [-0.2, -0.15) is 0 Å². The van der Waals surface area contributed by atoms with Gasteiger partial charge in [0.15, 0.2) is 0 Å². The van der Waals surface area contributed by atoms with Gasteiger partial charge in [-0.1, -0.05) is 68.3 Å². The van der Waals surface area contributed by atoms with Crippen molar-refractivity contribution < 1.29 is 17.9 Å². The van der Waals surface area contributed by atoms with Crippen LogP contribution >= 0.6 is 0 Å². The Morgan fingerprint density at radius 1 is 1.03 bits per heavy atom. The van der Waals surface area contributed by atoms with Crippen molar-refractivity contribution in [3.63, 3.8) is 0 Å². The number of rotatable bonds is 9. The van der Waals surface area contributed by atoms with Gasteiger partial charge < -0.3 is 4.74 Å². The van der Waals surface area contributed by atoms with Crippen molar-refractivity contribution in [1.29, 1.82) is 0 Å². The molecule has 1 heterocycles. The van der Waals surface area contributed by atoms with Gasteiger partial charge in [-0.3, -0.25) is 0 Å². The largest absolute Gasteiger partial charge is 0.368 e. The van der Waals surface area contributed by atoms with Crippen LogP contribution in [0.25, 0.3) is 11.1 Å². The molecule has 4 rings (SSSR count). The fraction of sp³-hybridized carbons (Fsp3) is 0.500. The number of halogens is 3. The number of hydrogen-bond acceptors (Lipinski definition) is 1. The van der Waals surface area contributed by atoms with Crippen LogP contribution in [-0.4, -0.2) is 6.61 Å². The Morgan fingerprint density at radius 3 is 2.38 bits per heavy atom. The molecular weight excluding hydrogens is 409 g/mol. The Balaban J connectivity index is 1.34. The van der Waals surface area contributed by atoms with Crippen LogP contribution in [0.2, 0.25) is 0 Å². The molecule has 0 radical (unpaired) electrons. The molecule has 4 heteroatoms. The SMILES string of the molecule is CCCC1CCC(/C=C/CCc2ccc(-c3ccc(C4CO4)c(F)c3C(F)F)cc2)CC1. The molecular formula is C28H33F3O. The Kier molecular flexibility index (Phi) is 7.72. The van der Waals surface area contributed by atoms with Gasteiger partial charge in [-0.05, 0) is 67.1 Å². The summed E-state index contributed by atoms with van der Waals surface area (Å²) in [4.78, 5) is 0. The van der Waals surface area contributed by atoms with Crippen molar-refractivity contribution in [3.05, 3.63) is 71.1 Å². The molecule has 0 amide bonds. The topological polar surface area (TPSA) is 12.5 Å². The number of hydrogen-bond donors (Lipinski definition) is 0. The highest BCUT2D eigenvalue weighted by Gasteiger charge is 2.32. The van der Waals surface area contributed by atoms with E-state index >= 15 is 0 Å². The Labute approximate surface area is 189 Å². The number of ether oxygens (including phenoxy) is 1. The second-order valence-electron chi connectivity index (χ2n) is 9.29. The second kappa shape index (κ2) is 10.7. The smallest absolute Gasteiger partial charge is 0.267 e. The minimum absolute atomic E-state index is 0.228. The van der Waals surface area contributed by atoms with E-state index in [-0.39, 0.29) is 17.2 Å². The van der Waals surface area contributed by atoms with Gasteiger partial charge >= 0.3 is 0 Å². The summed E-state index contributed by atoms with van der Waals surface area (Å²) in [6.07, 6.45) is 11.3. The van der Waals surface area contributed by atoms with Gasteiger partial charge in [0.05, 0.1) is 12.2 Å². The monoisotopic (exact) mass is 442 g/mol. The van der Waals surface area contributed by atoms with Gasteiger partial charge in [-0.25, -0.2) is 13.2 Å². The third-order valence-electron chi connectivity index (χ3n) is 6.97. The van der Waals surface area contributed by atoms with E-state index in [9.17, 15) is 13.2 Å². The first kappa shape index (κ1) is 23.1. The summed E-state index contributed by atoms with van der Waals surface area (Å²) in [5.74, 6) is 0.815. The van der Waals surface area contributed by atoms with Gasteiger partial charge in [-0.15, -0.1) is 0 Å². The highest BCUT2D eigenvalue weighted by molar-refractivity contribution is 5.69. The molecule has 0 spiro atoms. The molecule has 1 saturated carbocycles. The maximum atomic E-state index is 14.7. The van der Waals surface area contributed by atoms with Crippen molar-refractivity contribution in [2.75, 3.05) is 6.61 Å². The van der Waals surface area contributed by atoms with Crippen LogP contribution in [0.4, 0.5) is 13.2 Å². The molecule has 1 aliphatic carbocycles. The minimum atomic E-state index is -2.87. The zero-order valence-electron chi connectivity index (χ0n) is 18.8. The number of benzene rings is 2. The fourth-order valence-electron chi connectivity index (χ4n) is 5.02. The molecule has 2 aromatic rings. The summed E-state index contributed by atoms with van der Waals surface area (Å²) in [6.45, 7) is 2.66. The van der Waals surface area contributed by atoms with E-state index in [1.165, 1.54) is 38.5 Å². The summed E-state index contributed by atoms with van der Waals surface area (Å²) in [5, 5.41) is 0. The van der Waals surface area contributed by atoms with Crippen LogP contribution in [0, 0.1) is 17.7 Å². The van der Waals surface area contributed by atoms with Crippen LogP contribution in [-0.2, 0) is 11.2 Å². The highest BCUT2D eigenvalue weighted by Crippen LogP contribution is 2.40. The lowest BCUT2D eigenvalue weighted by Crippen LogP contribution is -2.12. The lowest BCUT2D eigenvalue weighted by Gasteiger charge is -2.26. The molecule has 32 heavy (non-hydrogen) atoms. The van der Waals surface area contributed by atoms with E-state index in [0.717, 1.165) is 30.2 Å². The van der Waals surface area contributed by atoms with E-state index in [1.807, 2.05) is 24.3 Å². The van der Waals surface area contributed by atoms with Crippen molar-refractivity contribution in [2.24, 2.45) is 11.8 Å². The molecule has 2 aromatic carbocycles. The number of alkyl halides is 2. The molecule has 172 valence electrons. The molecule has 1 saturated heterocycles. The van der Waals surface area contributed by atoms with Gasteiger partial charge in [0.1, 0.15) is 11.9 Å². The Hall–Kier alpha value is -2.07.